The van der Waals surface area contributed by atoms with Gasteiger partial charge in [0.2, 0.25) is 5.89 Å². The van der Waals surface area contributed by atoms with Gasteiger partial charge in [-0.05, 0) is 24.1 Å². The standard InChI is InChI=1S/C19H17F7N4O3/c20-14(21)16-29-28-15(33-16)9-1-2-10-6-30(17(31)11(10)5-9)13-3-4-32-7-12(13)27-8-18(22,23)19(24,25)26/h1-2,5,12-14,27H,3-4,6-8H2/t12-,13+/m0/s1. The molecule has 0 unspecified atom stereocenters. The molecular formula is C19H17F7N4O3. The normalized spacial score (nSPS) is 21.7. The van der Waals surface area contributed by atoms with Crippen molar-refractivity contribution in [3.63, 3.8) is 0 Å². The molecule has 4 rings (SSSR count). The van der Waals surface area contributed by atoms with Gasteiger partial charge in [0.15, 0.2) is 0 Å². The predicted molar refractivity (Wildman–Crippen MR) is 96.6 cm³/mol. The van der Waals surface area contributed by atoms with Crippen molar-refractivity contribution in [3.05, 3.63) is 35.2 Å². The maximum Gasteiger partial charge on any atom is 0.454 e. The van der Waals surface area contributed by atoms with Gasteiger partial charge in [0.05, 0.1) is 25.2 Å². The number of hydrogen-bond acceptors (Lipinski definition) is 6. The van der Waals surface area contributed by atoms with Gasteiger partial charge in [-0.3, -0.25) is 4.79 Å². The summed E-state index contributed by atoms with van der Waals surface area (Å²) < 4.78 is 99.7. The smallest absolute Gasteiger partial charge is 0.415 e. The molecule has 0 spiro atoms. The Morgan fingerprint density at radius 1 is 1.18 bits per heavy atom. The van der Waals surface area contributed by atoms with E-state index in [-0.39, 0.29) is 43.2 Å². The highest BCUT2D eigenvalue weighted by atomic mass is 19.4. The van der Waals surface area contributed by atoms with Gasteiger partial charge in [-0.15, -0.1) is 10.2 Å². The molecule has 2 aliphatic heterocycles. The Labute approximate surface area is 181 Å². The minimum Gasteiger partial charge on any atom is -0.415 e. The van der Waals surface area contributed by atoms with E-state index >= 15 is 0 Å². The lowest BCUT2D eigenvalue weighted by molar-refractivity contribution is -0.280. The fourth-order valence-electron chi connectivity index (χ4n) is 3.82. The third kappa shape index (κ3) is 4.53. The van der Waals surface area contributed by atoms with Gasteiger partial charge < -0.3 is 19.4 Å². The van der Waals surface area contributed by atoms with Crippen LogP contribution in [0.25, 0.3) is 11.5 Å². The second-order valence-electron chi connectivity index (χ2n) is 7.67. The number of carbonyl (C=O) groups excluding carboxylic acids is 1. The minimum atomic E-state index is -5.71. The van der Waals surface area contributed by atoms with Crippen LogP contribution in [0.4, 0.5) is 30.7 Å². The fraction of sp³-hybridized carbons (Fsp3) is 0.526. The summed E-state index contributed by atoms with van der Waals surface area (Å²) in [5.41, 5.74) is 1.02. The Morgan fingerprint density at radius 3 is 2.61 bits per heavy atom. The van der Waals surface area contributed by atoms with Crippen LogP contribution < -0.4 is 5.32 Å². The number of rotatable bonds is 6. The van der Waals surface area contributed by atoms with Crippen LogP contribution in [0.1, 0.15) is 34.7 Å². The van der Waals surface area contributed by atoms with Crippen LogP contribution in [-0.2, 0) is 11.3 Å². The first kappa shape index (κ1) is 23.4. The highest BCUT2D eigenvalue weighted by Crippen LogP contribution is 2.36. The van der Waals surface area contributed by atoms with E-state index < -0.39 is 49.0 Å². The summed E-state index contributed by atoms with van der Waals surface area (Å²) in [6, 6.07) is 2.81. The number of fused-ring (bicyclic) bond motifs is 1. The SMILES string of the molecule is O=C1c2cc(-c3nnc(C(F)F)o3)ccc2CN1[C@@H]1CCOC[C@@H]1NCC(F)(F)C(F)(F)F. The monoisotopic (exact) mass is 482 g/mol. The third-order valence-corrected chi connectivity index (χ3v) is 5.54. The first-order valence-electron chi connectivity index (χ1n) is 9.79. The van der Waals surface area contributed by atoms with E-state index in [1.54, 1.807) is 6.07 Å². The van der Waals surface area contributed by atoms with E-state index in [1.807, 2.05) is 0 Å². The zero-order valence-electron chi connectivity index (χ0n) is 16.7. The largest absolute Gasteiger partial charge is 0.454 e. The molecular weight excluding hydrogens is 465 g/mol. The molecule has 1 aromatic carbocycles. The number of carbonyl (C=O) groups is 1. The maximum atomic E-state index is 13.4. The summed E-state index contributed by atoms with van der Waals surface area (Å²) in [5, 5.41) is 8.97. The Balaban J connectivity index is 1.51. The highest BCUT2D eigenvalue weighted by Gasteiger charge is 2.57. The minimum absolute atomic E-state index is 0.0963. The van der Waals surface area contributed by atoms with Crippen molar-refractivity contribution in [1.29, 1.82) is 0 Å². The zero-order valence-corrected chi connectivity index (χ0v) is 16.7. The molecule has 1 saturated heterocycles. The first-order chi connectivity index (χ1) is 15.5. The molecule has 3 heterocycles. The van der Waals surface area contributed by atoms with Crippen LogP contribution in [0.15, 0.2) is 22.6 Å². The lowest BCUT2D eigenvalue weighted by Crippen LogP contribution is -2.58. The number of benzene rings is 1. The Hall–Kier alpha value is -2.74. The quantitative estimate of drug-likeness (QED) is 0.635. The molecule has 0 bridgehead atoms. The van der Waals surface area contributed by atoms with Crippen LogP contribution >= 0.6 is 0 Å². The van der Waals surface area contributed by atoms with Gasteiger partial charge in [-0.2, -0.15) is 30.7 Å². The van der Waals surface area contributed by atoms with Crippen molar-refractivity contribution in [2.24, 2.45) is 0 Å². The van der Waals surface area contributed by atoms with E-state index in [9.17, 15) is 35.5 Å². The fourth-order valence-corrected chi connectivity index (χ4v) is 3.82. The number of nitrogens with one attached hydrogen (secondary N) is 1. The van der Waals surface area contributed by atoms with Crippen molar-refractivity contribution in [2.45, 2.75) is 43.6 Å². The van der Waals surface area contributed by atoms with Gasteiger partial charge in [-0.25, -0.2) is 0 Å². The van der Waals surface area contributed by atoms with Crippen molar-refractivity contribution < 1.29 is 44.7 Å². The van der Waals surface area contributed by atoms with Gasteiger partial charge in [-0.1, -0.05) is 6.07 Å². The average Bonchev–Trinajstić information content (AvgIpc) is 3.37. The van der Waals surface area contributed by atoms with Crippen molar-refractivity contribution in [2.75, 3.05) is 19.8 Å². The molecule has 0 aliphatic carbocycles. The summed E-state index contributed by atoms with van der Waals surface area (Å²) in [7, 11) is 0. The van der Waals surface area contributed by atoms with Crippen LogP contribution in [0.3, 0.4) is 0 Å². The van der Waals surface area contributed by atoms with Crippen LogP contribution in [0, 0.1) is 0 Å². The molecule has 33 heavy (non-hydrogen) atoms. The van der Waals surface area contributed by atoms with E-state index in [4.69, 9.17) is 9.15 Å². The summed E-state index contributed by atoms with van der Waals surface area (Å²) >= 11 is 0. The van der Waals surface area contributed by atoms with Crippen molar-refractivity contribution >= 4 is 5.91 Å². The molecule has 0 saturated carbocycles. The van der Waals surface area contributed by atoms with Crippen LogP contribution in [0.2, 0.25) is 0 Å². The first-order valence-corrected chi connectivity index (χ1v) is 9.79. The third-order valence-electron chi connectivity index (χ3n) is 5.54. The molecule has 1 amide bonds. The van der Waals surface area contributed by atoms with Gasteiger partial charge in [0.1, 0.15) is 0 Å². The molecule has 14 heteroatoms. The Bertz CT molecular complexity index is 1030. The van der Waals surface area contributed by atoms with Gasteiger partial charge in [0.25, 0.3) is 11.8 Å². The molecule has 1 N–H and O–H groups in total. The molecule has 2 atom stereocenters. The van der Waals surface area contributed by atoms with Crippen LogP contribution in [-0.4, -0.2) is 64.9 Å². The molecule has 0 radical (unpaired) electrons. The lowest BCUT2D eigenvalue weighted by Gasteiger charge is -2.38. The summed E-state index contributed by atoms with van der Waals surface area (Å²) in [6.07, 6.45) is -8.44. The molecule has 1 aromatic heterocycles. The van der Waals surface area contributed by atoms with Gasteiger partial charge >= 0.3 is 18.5 Å². The van der Waals surface area contributed by atoms with Crippen LogP contribution in [0.5, 0.6) is 0 Å². The summed E-state index contributed by atoms with van der Waals surface area (Å²) in [5.74, 6) is -6.51. The number of nitrogens with zero attached hydrogens (tertiary/aromatic N) is 3. The number of halogens is 7. The number of ether oxygens (including phenoxy) is 1. The Kier molecular flexibility index (Phi) is 6.07. The van der Waals surface area contributed by atoms with E-state index in [0.29, 0.717) is 5.56 Å². The van der Waals surface area contributed by atoms with E-state index in [1.165, 1.54) is 17.0 Å². The summed E-state index contributed by atoms with van der Waals surface area (Å²) in [4.78, 5) is 14.4. The van der Waals surface area contributed by atoms with E-state index in [2.05, 4.69) is 15.5 Å². The molecule has 7 nitrogen and oxygen atoms in total. The van der Waals surface area contributed by atoms with Crippen molar-refractivity contribution in [3.8, 4) is 11.5 Å². The van der Waals surface area contributed by atoms with E-state index in [0.717, 1.165) is 0 Å². The molecule has 1 fully saturated rings. The number of alkyl halides is 7. The zero-order chi connectivity index (χ0) is 24.0. The summed E-state index contributed by atoms with van der Waals surface area (Å²) in [6.45, 7) is -1.51. The molecule has 2 aromatic rings. The number of aromatic nitrogens is 2. The number of hydrogen-bond donors (Lipinski definition) is 1. The van der Waals surface area contributed by atoms with Crippen molar-refractivity contribution in [1.82, 2.24) is 20.4 Å². The second kappa shape index (κ2) is 8.56. The molecule has 180 valence electrons. The highest BCUT2D eigenvalue weighted by molar-refractivity contribution is 5.99. The second-order valence-corrected chi connectivity index (χ2v) is 7.67. The molecule has 2 aliphatic rings. The topological polar surface area (TPSA) is 80.5 Å². The Morgan fingerprint density at radius 2 is 1.94 bits per heavy atom. The number of amides is 1. The lowest BCUT2D eigenvalue weighted by atomic mass is 10.0. The average molecular weight is 482 g/mol. The van der Waals surface area contributed by atoms with Gasteiger partial charge in [0, 0.05) is 24.3 Å². The maximum absolute atomic E-state index is 13.4. The predicted octanol–water partition coefficient (Wildman–Crippen LogP) is 3.57.